The summed E-state index contributed by atoms with van der Waals surface area (Å²) in [6.45, 7) is 5.48. The first-order valence-electron chi connectivity index (χ1n) is 14.9. The molecule has 1 aliphatic rings. The van der Waals surface area contributed by atoms with Gasteiger partial charge in [0, 0.05) is 5.92 Å². The molecule has 1 heterocycles. The maximum atomic E-state index is 12.8. The maximum absolute atomic E-state index is 12.8. The van der Waals surface area contributed by atoms with Crippen molar-refractivity contribution in [3.8, 4) is 11.1 Å². The number of hydrogen-bond donors (Lipinski definition) is 2. The molecule has 0 aliphatic heterocycles. The van der Waals surface area contributed by atoms with Gasteiger partial charge in [0.05, 0.1) is 25.9 Å². The van der Waals surface area contributed by atoms with Gasteiger partial charge in [0.1, 0.15) is 19.3 Å². The van der Waals surface area contributed by atoms with Gasteiger partial charge in [-0.25, -0.2) is 19.4 Å². The normalized spacial score (nSPS) is 12.9. The Morgan fingerprint density at radius 2 is 1.50 bits per heavy atom. The summed E-state index contributed by atoms with van der Waals surface area (Å²) < 4.78 is 27.7. The lowest BCUT2D eigenvalue weighted by atomic mass is 9.98. The summed E-state index contributed by atoms with van der Waals surface area (Å²) in [4.78, 5) is 42.5. The molecule has 1 unspecified atom stereocenters. The van der Waals surface area contributed by atoms with Crippen molar-refractivity contribution in [3.63, 3.8) is 0 Å². The number of alkyl carbamates (subject to hydrolysis) is 2. The van der Waals surface area contributed by atoms with Gasteiger partial charge < -0.3 is 34.0 Å². The molecular weight excluding hydrogens is 590 g/mol. The van der Waals surface area contributed by atoms with Crippen LogP contribution >= 0.6 is 0 Å². The van der Waals surface area contributed by atoms with Crippen LogP contribution in [0.4, 0.5) is 9.59 Å². The van der Waals surface area contributed by atoms with Crippen molar-refractivity contribution in [2.45, 2.75) is 51.5 Å². The molecule has 2 amide bonds. The molecule has 46 heavy (non-hydrogen) atoms. The Morgan fingerprint density at radius 3 is 2.13 bits per heavy atom. The minimum atomic E-state index is -0.922. The fourth-order valence-corrected chi connectivity index (χ4v) is 5.11. The highest BCUT2D eigenvalue weighted by atomic mass is 16.6. The molecule has 5 rings (SSSR count). The fraction of sp³-hybridized carbons (Fsp3) is 0.314. The third-order valence-electron chi connectivity index (χ3n) is 7.32. The Morgan fingerprint density at radius 1 is 0.870 bits per heavy atom. The van der Waals surface area contributed by atoms with Crippen LogP contribution in [0.25, 0.3) is 11.1 Å². The second-order valence-corrected chi connectivity index (χ2v) is 11.7. The second kappa shape index (κ2) is 14.3. The lowest BCUT2D eigenvalue weighted by Crippen LogP contribution is -2.34. The number of carbonyl (C=O) groups is 3. The van der Waals surface area contributed by atoms with Gasteiger partial charge in [0.2, 0.25) is 5.89 Å². The van der Waals surface area contributed by atoms with Crippen LogP contribution in [0.2, 0.25) is 0 Å². The lowest BCUT2D eigenvalue weighted by Gasteiger charge is -2.23. The largest absolute Gasteiger partial charge is 0.464 e. The van der Waals surface area contributed by atoms with Gasteiger partial charge in [-0.1, -0.05) is 78.9 Å². The summed E-state index contributed by atoms with van der Waals surface area (Å²) in [5, 5.41) is 5.33. The summed E-state index contributed by atoms with van der Waals surface area (Å²) in [7, 11) is 1.21. The topological polar surface area (TPSA) is 138 Å². The van der Waals surface area contributed by atoms with Gasteiger partial charge in [0.15, 0.2) is 11.5 Å². The van der Waals surface area contributed by atoms with E-state index in [4.69, 9.17) is 23.4 Å². The molecule has 2 N–H and O–H groups in total. The molecule has 3 aromatic carbocycles. The molecule has 0 bridgehead atoms. The van der Waals surface area contributed by atoms with E-state index in [1.807, 2.05) is 87.5 Å². The van der Waals surface area contributed by atoms with Gasteiger partial charge in [-0.2, -0.15) is 0 Å². The quantitative estimate of drug-likeness (QED) is 0.145. The van der Waals surface area contributed by atoms with E-state index < -0.39 is 29.8 Å². The molecule has 0 spiro atoms. The summed E-state index contributed by atoms with van der Waals surface area (Å²) in [6.07, 6.45) is -1.44. The zero-order valence-corrected chi connectivity index (χ0v) is 26.2. The Labute approximate surface area is 267 Å². The first-order valence-corrected chi connectivity index (χ1v) is 14.9. The predicted molar refractivity (Wildman–Crippen MR) is 168 cm³/mol. The molecule has 1 aliphatic carbocycles. The number of carbonyl (C=O) groups excluding carboxylic acids is 3. The standard InChI is InChI=1S/C35H37N3O8/c1-35(2,3)45-21-28(37-34(41)43-19-22-12-6-5-7-13-22)31-38-30(32(39)42-4)29(46-31)18-36-33(40)44-20-27-25-16-10-8-14-23(25)24-15-9-11-17-26(24)27/h5-17,27-28H,18-21H2,1-4H3,(H,36,40)(H,37,41). The minimum absolute atomic E-state index is 0.0225. The average Bonchev–Trinajstić information content (AvgIpc) is 3.63. The molecule has 0 radical (unpaired) electrons. The molecule has 240 valence electrons. The maximum Gasteiger partial charge on any atom is 0.408 e. The second-order valence-electron chi connectivity index (χ2n) is 11.7. The molecule has 0 fully saturated rings. The fourth-order valence-electron chi connectivity index (χ4n) is 5.11. The number of aromatic nitrogens is 1. The number of ether oxygens (including phenoxy) is 4. The summed E-state index contributed by atoms with van der Waals surface area (Å²) in [5.74, 6) is -0.889. The zero-order valence-electron chi connectivity index (χ0n) is 26.2. The van der Waals surface area contributed by atoms with Gasteiger partial charge in [-0.05, 0) is 48.6 Å². The van der Waals surface area contributed by atoms with E-state index in [1.54, 1.807) is 0 Å². The average molecular weight is 628 g/mol. The van der Waals surface area contributed by atoms with E-state index in [9.17, 15) is 14.4 Å². The number of fused-ring (bicyclic) bond motifs is 3. The third kappa shape index (κ3) is 7.91. The van der Waals surface area contributed by atoms with Crippen LogP contribution in [-0.2, 0) is 32.1 Å². The Bertz CT molecular complexity index is 1630. The Balaban J connectivity index is 1.26. The van der Waals surface area contributed by atoms with E-state index in [-0.39, 0.29) is 49.6 Å². The van der Waals surface area contributed by atoms with Crippen molar-refractivity contribution in [1.29, 1.82) is 0 Å². The number of nitrogens with zero attached hydrogens (tertiary/aromatic N) is 1. The van der Waals surface area contributed by atoms with Gasteiger partial charge in [-0.15, -0.1) is 0 Å². The van der Waals surface area contributed by atoms with Crippen LogP contribution in [0.1, 0.15) is 71.6 Å². The molecule has 4 aromatic rings. The molecule has 11 nitrogen and oxygen atoms in total. The summed E-state index contributed by atoms with van der Waals surface area (Å²) in [6, 6.07) is 24.4. The van der Waals surface area contributed by atoms with Gasteiger partial charge >= 0.3 is 18.2 Å². The van der Waals surface area contributed by atoms with E-state index in [0.29, 0.717) is 0 Å². The molecule has 1 atom stereocenters. The molecule has 0 saturated carbocycles. The number of esters is 1. The van der Waals surface area contributed by atoms with E-state index in [0.717, 1.165) is 27.8 Å². The number of hydrogen-bond acceptors (Lipinski definition) is 9. The third-order valence-corrected chi connectivity index (χ3v) is 7.32. The van der Waals surface area contributed by atoms with Crippen molar-refractivity contribution in [2.24, 2.45) is 0 Å². The van der Waals surface area contributed by atoms with Crippen LogP contribution in [-0.4, -0.2) is 49.1 Å². The number of oxazole rings is 1. The molecular formula is C35H37N3O8. The monoisotopic (exact) mass is 627 g/mol. The highest BCUT2D eigenvalue weighted by Crippen LogP contribution is 2.44. The smallest absolute Gasteiger partial charge is 0.408 e. The molecule has 11 heteroatoms. The number of methoxy groups -OCH3 is 1. The van der Waals surface area contributed by atoms with Crippen LogP contribution in [0.3, 0.4) is 0 Å². The van der Waals surface area contributed by atoms with Crippen LogP contribution in [0, 0.1) is 0 Å². The van der Waals surface area contributed by atoms with E-state index in [1.165, 1.54) is 7.11 Å². The van der Waals surface area contributed by atoms with Crippen molar-refractivity contribution < 1.29 is 37.7 Å². The Hall–Kier alpha value is -5.16. The highest BCUT2D eigenvalue weighted by molar-refractivity contribution is 5.88. The van der Waals surface area contributed by atoms with Gasteiger partial charge in [-0.3, -0.25) is 0 Å². The zero-order chi connectivity index (χ0) is 32.7. The Kier molecular flexibility index (Phi) is 10.0. The first kappa shape index (κ1) is 32.2. The number of amides is 2. The predicted octanol–water partition coefficient (Wildman–Crippen LogP) is 6.28. The first-order chi connectivity index (χ1) is 22.1. The SMILES string of the molecule is COC(=O)c1nc(C(COC(C)(C)C)NC(=O)OCc2ccccc2)oc1CNC(=O)OCC1c2ccccc2-c2ccccc21. The van der Waals surface area contributed by atoms with Crippen LogP contribution in [0.15, 0.2) is 83.3 Å². The molecule has 1 aromatic heterocycles. The van der Waals surface area contributed by atoms with Crippen molar-refractivity contribution in [1.82, 2.24) is 15.6 Å². The van der Waals surface area contributed by atoms with Crippen molar-refractivity contribution in [3.05, 3.63) is 113 Å². The number of benzene rings is 3. The summed E-state index contributed by atoms with van der Waals surface area (Å²) >= 11 is 0. The van der Waals surface area contributed by atoms with Crippen LogP contribution in [0.5, 0.6) is 0 Å². The van der Waals surface area contributed by atoms with Gasteiger partial charge in [0.25, 0.3) is 0 Å². The van der Waals surface area contributed by atoms with E-state index >= 15 is 0 Å². The highest BCUT2D eigenvalue weighted by Gasteiger charge is 2.31. The lowest BCUT2D eigenvalue weighted by molar-refractivity contribution is -0.0183. The minimum Gasteiger partial charge on any atom is -0.464 e. The van der Waals surface area contributed by atoms with E-state index in [2.05, 4.69) is 27.8 Å². The van der Waals surface area contributed by atoms with Crippen LogP contribution < -0.4 is 10.6 Å². The van der Waals surface area contributed by atoms with Crippen molar-refractivity contribution in [2.75, 3.05) is 20.3 Å². The summed E-state index contributed by atoms with van der Waals surface area (Å²) in [5.41, 5.74) is 4.51. The van der Waals surface area contributed by atoms with Crippen molar-refractivity contribution >= 4 is 18.2 Å². The molecule has 0 saturated heterocycles. The number of rotatable bonds is 11. The number of nitrogens with one attached hydrogen (secondary N) is 2.